The van der Waals surface area contributed by atoms with Crippen LogP contribution in [0.1, 0.15) is 21.3 Å². The van der Waals surface area contributed by atoms with Crippen LogP contribution in [-0.2, 0) is 0 Å². The van der Waals surface area contributed by atoms with Crippen LogP contribution in [0.2, 0.25) is 0 Å². The van der Waals surface area contributed by atoms with E-state index >= 15 is 0 Å². The molecule has 0 aliphatic carbocycles. The predicted molar refractivity (Wildman–Crippen MR) is 96.9 cm³/mol. The Bertz CT molecular complexity index is 907. The van der Waals surface area contributed by atoms with Gasteiger partial charge < -0.3 is 10.2 Å². The fourth-order valence-corrected chi connectivity index (χ4v) is 3.71. The minimum atomic E-state index is -0.319. The molecule has 0 spiro atoms. The maximum atomic E-state index is 13.5. The van der Waals surface area contributed by atoms with E-state index in [0.29, 0.717) is 11.4 Å². The van der Waals surface area contributed by atoms with Crippen LogP contribution in [0.3, 0.4) is 0 Å². The molecular formula is C19H18F2N2OS. The molecule has 1 heterocycles. The van der Waals surface area contributed by atoms with Crippen LogP contribution in [0.15, 0.2) is 48.5 Å². The molecule has 1 N–H and O–H groups in total. The highest BCUT2D eigenvalue weighted by molar-refractivity contribution is 7.20. The average Bonchev–Trinajstić information content (AvgIpc) is 2.97. The molecule has 0 bridgehead atoms. The molecule has 1 atom stereocenters. The van der Waals surface area contributed by atoms with E-state index in [1.165, 1.54) is 35.6 Å². The monoisotopic (exact) mass is 360 g/mol. The zero-order chi connectivity index (χ0) is 18.0. The standard InChI is InChI=1S/C19H18F2N2OS/c1-23(2)16(12-4-3-5-14(20)8-12)11-22-19(24)18-9-13-6-7-15(21)10-17(13)25-18/h3-10,16H,11H2,1-2H3,(H,22,24)/t16-/m0/s1. The number of fused-ring (bicyclic) bond motifs is 1. The van der Waals surface area contributed by atoms with Crippen molar-refractivity contribution < 1.29 is 13.6 Å². The number of nitrogens with one attached hydrogen (secondary N) is 1. The summed E-state index contributed by atoms with van der Waals surface area (Å²) >= 11 is 1.25. The molecule has 6 heteroatoms. The summed E-state index contributed by atoms with van der Waals surface area (Å²) in [4.78, 5) is 14.9. The van der Waals surface area contributed by atoms with E-state index in [1.807, 2.05) is 25.1 Å². The second kappa shape index (κ2) is 7.29. The second-order valence-electron chi connectivity index (χ2n) is 6.04. The van der Waals surface area contributed by atoms with E-state index < -0.39 is 0 Å². The molecule has 1 amide bonds. The van der Waals surface area contributed by atoms with Crippen LogP contribution in [0.25, 0.3) is 10.1 Å². The molecule has 0 radical (unpaired) electrons. The van der Waals surface area contributed by atoms with Gasteiger partial charge in [0.05, 0.1) is 10.9 Å². The van der Waals surface area contributed by atoms with Crippen LogP contribution >= 0.6 is 11.3 Å². The summed E-state index contributed by atoms with van der Waals surface area (Å²) < 4.78 is 27.5. The third-order valence-corrected chi connectivity index (χ3v) is 5.12. The van der Waals surface area contributed by atoms with E-state index in [2.05, 4.69) is 5.32 Å². The van der Waals surface area contributed by atoms with Crippen molar-refractivity contribution in [2.75, 3.05) is 20.6 Å². The van der Waals surface area contributed by atoms with E-state index in [1.54, 1.807) is 18.2 Å². The van der Waals surface area contributed by atoms with Crippen molar-refractivity contribution in [1.29, 1.82) is 0 Å². The maximum Gasteiger partial charge on any atom is 0.261 e. The summed E-state index contributed by atoms with van der Waals surface area (Å²) in [6, 6.07) is 12.4. The van der Waals surface area contributed by atoms with Gasteiger partial charge in [0.2, 0.25) is 0 Å². The van der Waals surface area contributed by atoms with Crippen molar-refractivity contribution >= 4 is 27.3 Å². The summed E-state index contributed by atoms with van der Waals surface area (Å²) in [5.41, 5.74) is 0.795. The van der Waals surface area contributed by atoms with Gasteiger partial charge in [-0.3, -0.25) is 4.79 Å². The van der Waals surface area contributed by atoms with E-state index in [0.717, 1.165) is 15.6 Å². The number of likely N-dealkylation sites (N-methyl/N-ethyl adjacent to an activating group) is 1. The fourth-order valence-electron chi connectivity index (χ4n) is 2.71. The van der Waals surface area contributed by atoms with Gasteiger partial charge in [-0.2, -0.15) is 0 Å². The molecular weight excluding hydrogens is 342 g/mol. The Labute approximate surface area is 148 Å². The molecule has 0 saturated heterocycles. The Hall–Kier alpha value is -2.31. The lowest BCUT2D eigenvalue weighted by atomic mass is 10.1. The topological polar surface area (TPSA) is 32.3 Å². The third kappa shape index (κ3) is 4.03. The van der Waals surface area contributed by atoms with Gasteiger partial charge in [-0.25, -0.2) is 8.78 Å². The van der Waals surface area contributed by atoms with Gasteiger partial charge in [0.25, 0.3) is 5.91 Å². The van der Waals surface area contributed by atoms with Gasteiger partial charge in [0.1, 0.15) is 11.6 Å². The summed E-state index contributed by atoms with van der Waals surface area (Å²) in [7, 11) is 3.76. The van der Waals surface area contributed by atoms with Gasteiger partial charge >= 0.3 is 0 Å². The Morgan fingerprint density at radius 2 is 1.88 bits per heavy atom. The number of carbonyl (C=O) groups excluding carboxylic acids is 1. The third-order valence-electron chi connectivity index (χ3n) is 4.02. The van der Waals surface area contributed by atoms with Gasteiger partial charge in [-0.05, 0) is 55.4 Å². The number of hydrogen-bond acceptors (Lipinski definition) is 3. The molecule has 3 rings (SSSR count). The maximum absolute atomic E-state index is 13.5. The highest BCUT2D eigenvalue weighted by atomic mass is 32.1. The predicted octanol–water partition coefficient (Wildman–Crippen LogP) is 4.21. The van der Waals surface area contributed by atoms with Crippen molar-refractivity contribution in [3.63, 3.8) is 0 Å². The van der Waals surface area contributed by atoms with Crippen LogP contribution in [0.5, 0.6) is 0 Å². The second-order valence-corrected chi connectivity index (χ2v) is 7.12. The van der Waals surface area contributed by atoms with Crippen LogP contribution < -0.4 is 5.32 Å². The lowest BCUT2D eigenvalue weighted by Crippen LogP contribution is -2.34. The zero-order valence-electron chi connectivity index (χ0n) is 13.9. The first-order valence-electron chi connectivity index (χ1n) is 7.83. The zero-order valence-corrected chi connectivity index (χ0v) is 14.7. The number of carbonyl (C=O) groups is 1. The van der Waals surface area contributed by atoms with E-state index in [-0.39, 0.29) is 23.6 Å². The number of rotatable bonds is 5. The fraction of sp³-hybridized carbons (Fsp3) is 0.211. The number of hydrogen-bond donors (Lipinski definition) is 1. The Kier molecular flexibility index (Phi) is 5.11. The first-order chi connectivity index (χ1) is 11.9. The quantitative estimate of drug-likeness (QED) is 0.739. The Morgan fingerprint density at radius 1 is 1.12 bits per heavy atom. The molecule has 0 aliphatic rings. The lowest BCUT2D eigenvalue weighted by molar-refractivity contribution is 0.0946. The van der Waals surface area contributed by atoms with E-state index in [4.69, 9.17) is 0 Å². The summed E-state index contributed by atoms with van der Waals surface area (Å²) in [6.45, 7) is 0.345. The van der Waals surface area contributed by atoms with Crippen molar-refractivity contribution in [2.24, 2.45) is 0 Å². The summed E-state index contributed by atoms with van der Waals surface area (Å²) in [6.07, 6.45) is 0. The summed E-state index contributed by atoms with van der Waals surface area (Å²) in [5, 5.41) is 3.73. The van der Waals surface area contributed by atoms with Gasteiger partial charge in [-0.1, -0.05) is 18.2 Å². The first kappa shape index (κ1) is 17.5. The van der Waals surface area contributed by atoms with Crippen LogP contribution in [0.4, 0.5) is 8.78 Å². The smallest absolute Gasteiger partial charge is 0.261 e. The molecule has 0 unspecified atom stereocenters. The highest BCUT2D eigenvalue weighted by Crippen LogP contribution is 2.26. The van der Waals surface area contributed by atoms with Crippen LogP contribution in [0, 0.1) is 11.6 Å². The molecule has 3 aromatic rings. The Morgan fingerprint density at radius 3 is 2.60 bits per heavy atom. The summed E-state index contributed by atoms with van der Waals surface area (Å²) in [5.74, 6) is -0.841. The SMILES string of the molecule is CN(C)[C@@H](CNC(=O)c1cc2ccc(F)cc2s1)c1cccc(F)c1. The van der Waals surface area contributed by atoms with Gasteiger partial charge in [0.15, 0.2) is 0 Å². The average molecular weight is 360 g/mol. The molecule has 2 aromatic carbocycles. The van der Waals surface area contributed by atoms with Gasteiger partial charge in [0, 0.05) is 11.2 Å². The minimum Gasteiger partial charge on any atom is -0.349 e. The van der Waals surface area contributed by atoms with Crippen LogP contribution in [-0.4, -0.2) is 31.4 Å². The molecule has 25 heavy (non-hydrogen) atoms. The molecule has 130 valence electrons. The number of halogens is 2. The highest BCUT2D eigenvalue weighted by Gasteiger charge is 2.17. The molecule has 0 fully saturated rings. The minimum absolute atomic E-state index is 0.147. The van der Waals surface area contributed by atoms with E-state index in [9.17, 15) is 13.6 Å². The Balaban J connectivity index is 1.74. The number of amides is 1. The number of nitrogens with zero attached hydrogens (tertiary/aromatic N) is 1. The molecule has 0 saturated carbocycles. The van der Waals surface area contributed by atoms with Crippen molar-refractivity contribution in [3.8, 4) is 0 Å². The van der Waals surface area contributed by atoms with Crippen molar-refractivity contribution in [3.05, 3.63) is 70.6 Å². The number of thiophene rings is 1. The lowest BCUT2D eigenvalue weighted by Gasteiger charge is -2.25. The normalized spacial score (nSPS) is 12.5. The molecule has 1 aromatic heterocycles. The molecule has 0 aliphatic heterocycles. The van der Waals surface area contributed by atoms with Gasteiger partial charge in [-0.15, -0.1) is 11.3 Å². The molecule has 3 nitrogen and oxygen atoms in total. The largest absolute Gasteiger partial charge is 0.349 e. The number of benzene rings is 2. The van der Waals surface area contributed by atoms with Crippen molar-refractivity contribution in [2.45, 2.75) is 6.04 Å². The first-order valence-corrected chi connectivity index (χ1v) is 8.65. The van der Waals surface area contributed by atoms with Crippen molar-refractivity contribution in [1.82, 2.24) is 10.2 Å².